The number of hydrogen-bond donors (Lipinski definition) is 0. The second-order valence-corrected chi connectivity index (χ2v) is 3.54. The van der Waals surface area contributed by atoms with Crippen molar-refractivity contribution in [3.63, 3.8) is 0 Å². The number of hydrogen-bond acceptors (Lipinski definition) is 0. The Bertz CT molecular complexity index is 80.9. The summed E-state index contributed by atoms with van der Waals surface area (Å²) in [5.74, 6) is 0. The molecule has 0 aliphatic rings. The van der Waals surface area contributed by atoms with Gasteiger partial charge in [0, 0.05) is 0 Å². The topological polar surface area (TPSA) is 0 Å². The Morgan fingerprint density at radius 1 is 1.33 bits per heavy atom. The van der Waals surface area contributed by atoms with Gasteiger partial charge in [-0.1, -0.05) is 12.2 Å². The SMILES string of the molecule is C=CCC(CC=C)[Si]Cl. The molecule has 0 bridgehead atoms. The highest BCUT2D eigenvalue weighted by atomic mass is 35.6. The van der Waals surface area contributed by atoms with E-state index < -0.39 is 0 Å². The molecule has 0 aromatic carbocycles. The van der Waals surface area contributed by atoms with Crippen LogP contribution >= 0.6 is 11.1 Å². The molecule has 2 radical (unpaired) electrons. The van der Waals surface area contributed by atoms with Crippen molar-refractivity contribution in [1.29, 1.82) is 0 Å². The summed E-state index contributed by atoms with van der Waals surface area (Å²) in [5, 5.41) is 0. The highest BCUT2D eigenvalue weighted by Crippen LogP contribution is 2.15. The van der Waals surface area contributed by atoms with Gasteiger partial charge < -0.3 is 0 Å². The number of rotatable bonds is 5. The Balaban J connectivity index is 3.39. The zero-order chi connectivity index (χ0) is 7.11. The van der Waals surface area contributed by atoms with E-state index in [0.717, 1.165) is 12.8 Å². The molecule has 9 heavy (non-hydrogen) atoms. The van der Waals surface area contributed by atoms with E-state index in [1.165, 1.54) is 0 Å². The second-order valence-electron chi connectivity index (χ2n) is 1.85. The van der Waals surface area contributed by atoms with Gasteiger partial charge in [0.15, 0.2) is 8.83 Å². The zero-order valence-corrected chi connectivity index (χ0v) is 7.19. The summed E-state index contributed by atoms with van der Waals surface area (Å²) >= 11 is 5.66. The van der Waals surface area contributed by atoms with Gasteiger partial charge in [-0.25, -0.2) is 0 Å². The van der Waals surface area contributed by atoms with Crippen molar-refractivity contribution < 1.29 is 0 Å². The first kappa shape index (κ1) is 8.99. The number of allylic oxidation sites excluding steroid dienone is 2. The molecule has 0 aromatic heterocycles. The smallest absolute Gasteiger partial charge is 0.171 e. The van der Waals surface area contributed by atoms with Gasteiger partial charge in [0.2, 0.25) is 0 Å². The van der Waals surface area contributed by atoms with Crippen LogP contribution in [-0.2, 0) is 0 Å². The normalized spacial score (nSPS) is 9.56. The van der Waals surface area contributed by atoms with Gasteiger partial charge in [0.05, 0.1) is 0 Å². The Morgan fingerprint density at radius 2 is 1.78 bits per heavy atom. The molecule has 0 unspecified atom stereocenters. The van der Waals surface area contributed by atoms with Crippen LogP contribution in [-0.4, -0.2) is 8.83 Å². The van der Waals surface area contributed by atoms with E-state index in [-0.39, 0.29) is 0 Å². The fourth-order valence-electron chi connectivity index (χ4n) is 0.588. The van der Waals surface area contributed by atoms with Crippen LogP contribution in [0.15, 0.2) is 25.3 Å². The Morgan fingerprint density at radius 3 is 2.00 bits per heavy atom. The Kier molecular flexibility index (Phi) is 6.10. The minimum absolute atomic E-state index is 0.492. The van der Waals surface area contributed by atoms with Crippen LogP contribution in [0.4, 0.5) is 0 Å². The molecule has 50 valence electrons. The van der Waals surface area contributed by atoms with Crippen molar-refractivity contribution in [2.24, 2.45) is 0 Å². The van der Waals surface area contributed by atoms with Gasteiger partial charge >= 0.3 is 0 Å². The lowest BCUT2D eigenvalue weighted by Crippen LogP contribution is -1.93. The maximum absolute atomic E-state index is 5.66. The van der Waals surface area contributed by atoms with Crippen LogP contribution < -0.4 is 0 Å². The standard InChI is InChI=1S/C7H11ClSi/c1-3-5-7(9-8)6-4-2/h3-4,7H,1-2,5-6H2. The fraction of sp³-hybridized carbons (Fsp3) is 0.429. The molecule has 0 heterocycles. The summed E-state index contributed by atoms with van der Waals surface area (Å²) in [7, 11) is 0.492. The first-order valence-corrected chi connectivity index (χ1v) is 5.02. The third kappa shape index (κ3) is 4.49. The first-order chi connectivity index (χ1) is 4.35. The summed E-state index contributed by atoms with van der Waals surface area (Å²) in [6.45, 7) is 7.28. The Labute approximate surface area is 64.1 Å². The quantitative estimate of drug-likeness (QED) is 0.328. The van der Waals surface area contributed by atoms with Crippen molar-refractivity contribution in [3.8, 4) is 0 Å². The van der Waals surface area contributed by atoms with Crippen LogP contribution in [0.1, 0.15) is 12.8 Å². The first-order valence-electron chi connectivity index (χ1n) is 2.93. The molecular weight excluding hydrogens is 148 g/mol. The third-order valence-electron chi connectivity index (χ3n) is 1.06. The van der Waals surface area contributed by atoms with Crippen LogP contribution in [0.25, 0.3) is 0 Å². The van der Waals surface area contributed by atoms with Crippen molar-refractivity contribution in [1.82, 2.24) is 0 Å². The lowest BCUT2D eigenvalue weighted by Gasteiger charge is -2.04. The predicted molar refractivity (Wildman–Crippen MR) is 45.0 cm³/mol. The predicted octanol–water partition coefficient (Wildman–Crippen LogP) is 2.79. The molecule has 0 N–H and O–H groups in total. The van der Waals surface area contributed by atoms with Crippen LogP contribution in [0, 0.1) is 0 Å². The maximum atomic E-state index is 5.66. The molecule has 0 rings (SSSR count). The van der Waals surface area contributed by atoms with Crippen molar-refractivity contribution in [2.75, 3.05) is 0 Å². The lowest BCUT2D eigenvalue weighted by atomic mass is 10.2. The van der Waals surface area contributed by atoms with Gasteiger partial charge in [0.25, 0.3) is 0 Å². The van der Waals surface area contributed by atoms with Crippen LogP contribution in [0.5, 0.6) is 0 Å². The molecule has 0 atom stereocenters. The largest absolute Gasteiger partial charge is 0.175 e. The molecule has 0 saturated carbocycles. The molecule has 0 saturated heterocycles. The van der Waals surface area contributed by atoms with Crippen LogP contribution in [0.3, 0.4) is 0 Å². The van der Waals surface area contributed by atoms with Crippen molar-refractivity contribution >= 4 is 19.9 Å². The van der Waals surface area contributed by atoms with Crippen molar-refractivity contribution in [3.05, 3.63) is 25.3 Å². The molecule has 0 amide bonds. The molecule has 0 fully saturated rings. The van der Waals surface area contributed by atoms with E-state index in [9.17, 15) is 0 Å². The van der Waals surface area contributed by atoms with E-state index >= 15 is 0 Å². The van der Waals surface area contributed by atoms with Gasteiger partial charge in [-0.2, -0.15) is 11.1 Å². The van der Waals surface area contributed by atoms with E-state index in [1.807, 2.05) is 12.2 Å². The Hall–Kier alpha value is -0.0131. The highest BCUT2D eigenvalue weighted by Gasteiger charge is 2.02. The molecule has 0 nitrogen and oxygen atoms in total. The van der Waals surface area contributed by atoms with Crippen LogP contribution in [0.2, 0.25) is 5.54 Å². The summed E-state index contributed by atoms with van der Waals surface area (Å²) < 4.78 is 0. The number of halogens is 1. The summed E-state index contributed by atoms with van der Waals surface area (Å²) in [5.41, 5.74) is 0.571. The van der Waals surface area contributed by atoms with E-state index in [4.69, 9.17) is 11.1 Å². The van der Waals surface area contributed by atoms with Gasteiger partial charge in [-0.05, 0) is 18.4 Å². The minimum atomic E-state index is 0.492. The maximum Gasteiger partial charge on any atom is 0.175 e. The monoisotopic (exact) mass is 158 g/mol. The van der Waals surface area contributed by atoms with E-state index in [1.54, 1.807) is 0 Å². The average molecular weight is 159 g/mol. The van der Waals surface area contributed by atoms with Crippen molar-refractivity contribution in [2.45, 2.75) is 18.4 Å². The molecule has 2 heteroatoms. The summed E-state index contributed by atoms with van der Waals surface area (Å²) in [6, 6.07) is 0. The lowest BCUT2D eigenvalue weighted by molar-refractivity contribution is 0.862. The summed E-state index contributed by atoms with van der Waals surface area (Å²) in [6.07, 6.45) is 5.83. The van der Waals surface area contributed by atoms with Gasteiger partial charge in [-0.3, -0.25) is 0 Å². The third-order valence-corrected chi connectivity index (χ3v) is 2.76. The summed E-state index contributed by atoms with van der Waals surface area (Å²) in [4.78, 5) is 0. The molecule has 0 aliphatic carbocycles. The minimum Gasteiger partial charge on any atom is -0.171 e. The van der Waals surface area contributed by atoms with Gasteiger partial charge in [0.1, 0.15) is 0 Å². The molecule has 0 aromatic rings. The fourth-order valence-corrected chi connectivity index (χ4v) is 1.63. The molecule has 0 spiro atoms. The average Bonchev–Trinajstić information content (AvgIpc) is 1.88. The molecular formula is C7H11ClSi. The second kappa shape index (κ2) is 6.11. The van der Waals surface area contributed by atoms with E-state index in [2.05, 4.69) is 13.2 Å². The van der Waals surface area contributed by atoms with E-state index in [0.29, 0.717) is 14.4 Å². The molecule has 0 aliphatic heterocycles. The highest BCUT2D eigenvalue weighted by molar-refractivity contribution is 6.94. The van der Waals surface area contributed by atoms with Gasteiger partial charge in [-0.15, -0.1) is 13.2 Å². The zero-order valence-electron chi connectivity index (χ0n) is 5.44.